The van der Waals surface area contributed by atoms with E-state index in [1.807, 2.05) is 6.08 Å². The molecule has 0 fully saturated rings. The van der Waals surface area contributed by atoms with Crippen LogP contribution in [0.3, 0.4) is 0 Å². The molecule has 0 saturated heterocycles. The Kier molecular flexibility index (Phi) is 37.7. The van der Waals surface area contributed by atoms with E-state index < -0.39 is 5.97 Å². The van der Waals surface area contributed by atoms with Crippen molar-refractivity contribution in [3.05, 3.63) is 85.1 Å². The average Bonchev–Trinajstić information content (AvgIpc) is 3.13. The summed E-state index contributed by atoms with van der Waals surface area (Å²) in [4.78, 5) is 34.9. The molecule has 0 spiro atoms. The SMILES string of the molecule is CC/C=C\C/C=C\C/C=C\C/C=C\C/C=C\CCCCCCCCCC(=O)OC(/C=C\C/C=C\CCCCC)CCCCCCC(=O)NCC(=O)O. The lowest BCUT2D eigenvalue weighted by Gasteiger charge is -2.14. The molecule has 52 heavy (non-hydrogen) atoms. The van der Waals surface area contributed by atoms with Gasteiger partial charge in [0.05, 0.1) is 0 Å². The Balaban J connectivity index is 4.09. The summed E-state index contributed by atoms with van der Waals surface area (Å²) in [7, 11) is 0. The van der Waals surface area contributed by atoms with Gasteiger partial charge in [0.2, 0.25) is 5.91 Å². The van der Waals surface area contributed by atoms with E-state index in [1.165, 1.54) is 44.9 Å². The molecule has 0 aromatic heterocycles. The van der Waals surface area contributed by atoms with Crippen LogP contribution in [-0.4, -0.2) is 35.6 Å². The molecule has 6 nitrogen and oxygen atoms in total. The molecule has 0 radical (unpaired) electrons. The fourth-order valence-corrected chi connectivity index (χ4v) is 5.49. The second kappa shape index (κ2) is 40.4. The van der Waals surface area contributed by atoms with E-state index in [2.05, 4.69) is 98.2 Å². The fraction of sp³-hybridized carbons (Fsp3) is 0.630. The van der Waals surface area contributed by atoms with Crippen LogP contribution >= 0.6 is 0 Å². The predicted octanol–water partition coefficient (Wildman–Crippen LogP) is 12.8. The van der Waals surface area contributed by atoms with Crippen LogP contribution in [0.15, 0.2) is 85.1 Å². The molecule has 6 heteroatoms. The van der Waals surface area contributed by atoms with Crippen LogP contribution in [0.2, 0.25) is 0 Å². The summed E-state index contributed by atoms with van der Waals surface area (Å²) in [5.41, 5.74) is 0. The largest absolute Gasteiger partial charge is 0.480 e. The minimum absolute atomic E-state index is 0.114. The van der Waals surface area contributed by atoms with E-state index in [4.69, 9.17) is 9.84 Å². The highest BCUT2D eigenvalue weighted by atomic mass is 16.5. The first kappa shape index (κ1) is 48.6. The summed E-state index contributed by atoms with van der Waals surface area (Å²) < 4.78 is 5.87. The van der Waals surface area contributed by atoms with Crippen LogP contribution in [0.4, 0.5) is 0 Å². The second-order valence-corrected chi connectivity index (χ2v) is 13.5. The predicted molar refractivity (Wildman–Crippen MR) is 221 cm³/mol. The first-order valence-corrected chi connectivity index (χ1v) is 20.7. The van der Waals surface area contributed by atoms with E-state index in [9.17, 15) is 14.4 Å². The van der Waals surface area contributed by atoms with Gasteiger partial charge in [-0.3, -0.25) is 14.4 Å². The fourth-order valence-electron chi connectivity index (χ4n) is 5.49. The highest BCUT2D eigenvalue weighted by Gasteiger charge is 2.11. The van der Waals surface area contributed by atoms with Crippen molar-refractivity contribution in [1.29, 1.82) is 0 Å². The molecule has 0 rings (SSSR count). The highest BCUT2D eigenvalue weighted by molar-refractivity contribution is 5.80. The number of hydrogen-bond donors (Lipinski definition) is 2. The number of esters is 1. The average molecular weight is 722 g/mol. The molecule has 1 amide bonds. The van der Waals surface area contributed by atoms with Crippen molar-refractivity contribution in [3.8, 4) is 0 Å². The van der Waals surface area contributed by atoms with Gasteiger partial charge in [-0.2, -0.15) is 0 Å². The van der Waals surface area contributed by atoms with Crippen molar-refractivity contribution < 1.29 is 24.2 Å². The number of ether oxygens (including phenoxy) is 1. The maximum absolute atomic E-state index is 12.7. The monoisotopic (exact) mass is 722 g/mol. The molecule has 2 N–H and O–H groups in total. The molecule has 0 saturated carbocycles. The van der Waals surface area contributed by atoms with E-state index >= 15 is 0 Å². The van der Waals surface area contributed by atoms with Gasteiger partial charge in [-0.1, -0.05) is 151 Å². The van der Waals surface area contributed by atoms with Gasteiger partial charge in [-0.15, -0.1) is 0 Å². The molecule has 0 aromatic rings. The Morgan fingerprint density at radius 3 is 1.56 bits per heavy atom. The first-order chi connectivity index (χ1) is 25.5. The zero-order valence-corrected chi connectivity index (χ0v) is 33.1. The van der Waals surface area contributed by atoms with Crippen molar-refractivity contribution in [3.63, 3.8) is 0 Å². The summed E-state index contributed by atoms with van der Waals surface area (Å²) in [6, 6.07) is 0. The van der Waals surface area contributed by atoms with Crippen molar-refractivity contribution >= 4 is 17.8 Å². The molecule has 0 aliphatic carbocycles. The van der Waals surface area contributed by atoms with E-state index in [0.717, 1.165) is 103 Å². The number of carboxylic acid groups (broad SMARTS) is 1. The molecular formula is C46H75NO5. The summed E-state index contributed by atoms with van der Waals surface area (Å²) in [6.45, 7) is 4.04. The summed E-state index contributed by atoms with van der Waals surface area (Å²) >= 11 is 0. The number of rotatable bonds is 36. The smallest absolute Gasteiger partial charge is 0.322 e. The topological polar surface area (TPSA) is 92.7 Å². The lowest BCUT2D eigenvalue weighted by molar-refractivity contribution is -0.147. The second-order valence-electron chi connectivity index (χ2n) is 13.5. The van der Waals surface area contributed by atoms with Gasteiger partial charge < -0.3 is 15.2 Å². The number of carbonyl (C=O) groups excluding carboxylic acids is 2. The maximum atomic E-state index is 12.7. The van der Waals surface area contributed by atoms with Crippen LogP contribution < -0.4 is 5.32 Å². The number of carboxylic acids is 1. The number of unbranched alkanes of at least 4 members (excludes halogenated alkanes) is 13. The summed E-state index contributed by atoms with van der Waals surface area (Å²) in [5, 5.41) is 11.1. The minimum Gasteiger partial charge on any atom is -0.480 e. The Bertz CT molecular complexity index is 1060. The number of carbonyl (C=O) groups is 3. The lowest BCUT2D eigenvalue weighted by Crippen LogP contribution is -2.28. The Morgan fingerprint density at radius 1 is 0.538 bits per heavy atom. The van der Waals surface area contributed by atoms with E-state index in [-0.39, 0.29) is 24.5 Å². The number of hydrogen-bond acceptors (Lipinski definition) is 4. The van der Waals surface area contributed by atoms with Gasteiger partial charge in [0.15, 0.2) is 0 Å². The van der Waals surface area contributed by atoms with Crippen LogP contribution in [0, 0.1) is 0 Å². The summed E-state index contributed by atoms with van der Waals surface area (Å²) in [5.74, 6) is -1.37. The molecule has 0 heterocycles. The molecule has 0 aliphatic heterocycles. The molecule has 294 valence electrons. The van der Waals surface area contributed by atoms with E-state index in [1.54, 1.807) is 0 Å². The third-order valence-electron chi connectivity index (χ3n) is 8.54. The number of amides is 1. The van der Waals surface area contributed by atoms with E-state index in [0.29, 0.717) is 12.8 Å². The van der Waals surface area contributed by atoms with Gasteiger partial charge in [-0.25, -0.2) is 0 Å². The highest BCUT2D eigenvalue weighted by Crippen LogP contribution is 2.15. The van der Waals surface area contributed by atoms with Crippen molar-refractivity contribution in [2.24, 2.45) is 0 Å². The quantitative estimate of drug-likeness (QED) is 0.0382. The maximum Gasteiger partial charge on any atom is 0.322 e. The number of aliphatic carboxylic acids is 1. The molecule has 0 aromatic carbocycles. The normalized spacial score (nSPS) is 13.0. The van der Waals surface area contributed by atoms with Crippen molar-refractivity contribution in [2.45, 2.75) is 180 Å². The van der Waals surface area contributed by atoms with Crippen molar-refractivity contribution in [2.75, 3.05) is 6.54 Å². The Morgan fingerprint density at radius 2 is 1.00 bits per heavy atom. The van der Waals surface area contributed by atoms with Gasteiger partial charge in [0.1, 0.15) is 12.6 Å². The first-order valence-electron chi connectivity index (χ1n) is 20.7. The van der Waals surface area contributed by atoms with Gasteiger partial charge >= 0.3 is 11.9 Å². The van der Waals surface area contributed by atoms with Crippen LogP contribution in [0.5, 0.6) is 0 Å². The van der Waals surface area contributed by atoms with Crippen LogP contribution in [-0.2, 0) is 19.1 Å². The minimum atomic E-state index is -1.03. The molecule has 0 bridgehead atoms. The standard InChI is InChI=1S/C46H75NO5/c1-3-5-7-9-11-13-14-15-16-17-18-19-20-21-22-23-24-25-26-27-29-31-37-41-46(51)52-43(38-34-30-28-12-10-8-6-4-2)39-35-32-33-36-40-44(48)47-42-45(49)50/h5,7,11-13,15-16,18-19,21-22,28,34,38,43H,3-4,6,8-10,14,17,20,23-27,29-33,35-37,39-42H2,1-2H3,(H,47,48)(H,49,50)/b7-5-,13-11-,16-15-,19-18-,22-21-,28-12-,38-34-. The van der Waals surface area contributed by atoms with Crippen LogP contribution in [0.25, 0.3) is 0 Å². The molecule has 1 atom stereocenters. The zero-order valence-electron chi connectivity index (χ0n) is 33.1. The van der Waals surface area contributed by atoms with Crippen LogP contribution in [0.1, 0.15) is 174 Å². The zero-order chi connectivity index (χ0) is 38.0. The number of allylic oxidation sites excluding steroid dienone is 13. The third-order valence-corrected chi connectivity index (χ3v) is 8.54. The van der Waals surface area contributed by atoms with Crippen molar-refractivity contribution in [1.82, 2.24) is 5.32 Å². The van der Waals surface area contributed by atoms with Gasteiger partial charge in [0.25, 0.3) is 0 Å². The van der Waals surface area contributed by atoms with Gasteiger partial charge in [-0.05, 0) is 96.0 Å². The molecule has 1 unspecified atom stereocenters. The summed E-state index contributed by atoms with van der Waals surface area (Å²) in [6.07, 6.45) is 55.8. The Labute approximate surface area is 318 Å². The molecule has 0 aliphatic rings. The van der Waals surface area contributed by atoms with Gasteiger partial charge in [0, 0.05) is 12.8 Å². The Hall–Kier alpha value is -3.41. The molecular weight excluding hydrogens is 647 g/mol. The number of nitrogens with one attached hydrogen (secondary N) is 1. The third kappa shape index (κ3) is 39.4. The lowest BCUT2D eigenvalue weighted by atomic mass is 10.1.